The van der Waals surface area contributed by atoms with Gasteiger partial charge in [0.05, 0.1) is 11.4 Å². The van der Waals surface area contributed by atoms with Gasteiger partial charge in [-0.2, -0.15) is 5.10 Å². The maximum atomic E-state index is 13.0. The third-order valence-electron chi connectivity index (χ3n) is 3.98. The van der Waals surface area contributed by atoms with Gasteiger partial charge in [-0.25, -0.2) is 14.1 Å². The number of thiazole rings is 1. The van der Waals surface area contributed by atoms with Crippen LogP contribution in [0.2, 0.25) is 0 Å². The summed E-state index contributed by atoms with van der Waals surface area (Å²) < 4.78 is 14.9. The lowest BCUT2D eigenvalue weighted by atomic mass is 10.2. The van der Waals surface area contributed by atoms with Crippen molar-refractivity contribution in [2.24, 2.45) is 0 Å². The van der Waals surface area contributed by atoms with Crippen molar-refractivity contribution < 1.29 is 4.39 Å². The molecule has 4 rings (SSSR count). The van der Waals surface area contributed by atoms with E-state index in [1.807, 2.05) is 10.1 Å². The highest BCUT2D eigenvalue weighted by Crippen LogP contribution is 2.29. The molecule has 2 aromatic heterocycles. The highest BCUT2D eigenvalue weighted by molar-refractivity contribution is 7.12. The van der Waals surface area contributed by atoms with Crippen LogP contribution in [0, 0.1) is 12.7 Å². The fourth-order valence-corrected chi connectivity index (χ4v) is 3.69. The molecule has 0 fully saturated rings. The van der Waals surface area contributed by atoms with Gasteiger partial charge in [-0.05, 0) is 56.0 Å². The van der Waals surface area contributed by atoms with Crippen LogP contribution in [0.15, 0.2) is 29.6 Å². The smallest absolute Gasteiger partial charge is 0.211 e. The van der Waals surface area contributed by atoms with Crippen LogP contribution in [0.25, 0.3) is 16.4 Å². The molecule has 0 radical (unpaired) electrons. The predicted octanol–water partition coefficient (Wildman–Crippen LogP) is 3.93. The summed E-state index contributed by atoms with van der Waals surface area (Å²) in [6.07, 6.45) is 3.40. The summed E-state index contributed by atoms with van der Waals surface area (Å²) in [6, 6.07) is 6.43. The molecule has 1 aromatic carbocycles. The molecule has 1 aliphatic carbocycles. The van der Waals surface area contributed by atoms with Crippen molar-refractivity contribution in [1.29, 1.82) is 0 Å². The monoisotopic (exact) mass is 299 g/mol. The normalized spacial score (nSPS) is 13.6. The third-order valence-corrected chi connectivity index (χ3v) is 4.79. The molecule has 21 heavy (non-hydrogen) atoms. The maximum absolute atomic E-state index is 13.0. The predicted molar refractivity (Wildman–Crippen MR) is 81.4 cm³/mol. The molecule has 0 aliphatic heterocycles. The molecule has 0 N–H and O–H groups in total. The average molecular weight is 299 g/mol. The minimum Gasteiger partial charge on any atom is -0.218 e. The number of fused-ring (bicyclic) bond motifs is 1. The fourth-order valence-electron chi connectivity index (χ4n) is 2.85. The highest BCUT2D eigenvalue weighted by Gasteiger charge is 2.21. The van der Waals surface area contributed by atoms with E-state index in [0.29, 0.717) is 0 Å². The van der Waals surface area contributed by atoms with Gasteiger partial charge >= 0.3 is 0 Å². The molecular weight excluding hydrogens is 285 g/mol. The van der Waals surface area contributed by atoms with Gasteiger partial charge in [-0.15, -0.1) is 11.3 Å². The quantitative estimate of drug-likeness (QED) is 0.718. The number of benzene rings is 1. The van der Waals surface area contributed by atoms with Crippen molar-refractivity contribution in [1.82, 2.24) is 14.8 Å². The van der Waals surface area contributed by atoms with Crippen LogP contribution in [0.1, 0.15) is 23.4 Å². The van der Waals surface area contributed by atoms with E-state index in [1.165, 1.54) is 35.5 Å². The zero-order valence-electron chi connectivity index (χ0n) is 11.6. The molecule has 3 nitrogen and oxygen atoms in total. The number of rotatable bonds is 2. The van der Waals surface area contributed by atoms with E-state index >= 15 is 0 Å². The van der Waals surface area contributed by atoms with E-state index < -0.39 is 0 Å². The minimum absolute atomic E-state index is 0.228. The number of hydrogen-bond acceptors (Lipinski definition) is 3. The lowest BCUT2D eigenvalue weighted by molar-refractivity contribution is 0.628. The molecule has 0 spiro atoms. The summed E-state index contributed by atoms with van der Waals surface area (Å²) in [7, 11) is 0. The first-order valence-corrected chi connectivity index (χ1v) is 7.89. The first-order valence-electron chi connectivity index (χ1n) is 7.01. The number of halogens is 1. The summed E-state index contributed by atoms with van der Waals surface area (Å²) in [5, 5.41) is 7.56. The Balaban J connectivity index is 1.73. The summed E-state index contributed by atoms with van der Waals surface area (Å²) >= 11 is 1.57. The van der Waals surface area contributed by atoms with Crippen molar-refractivity contribution in [3.05, 3.63) is 52.4 Å². The zero-order valence-corrected chi connectivity index (χ0v) is 12.5. The molecule has 1 aliphatic rings. The molecule has 0 atom stereocenters. The van der Waals surface area contributed by atoms with E-state index in [1.54, 1.807) is 23.5 Å². The number of hydrogen-bond donors (Lipinski definition) is 0. The van der Waals surface area contributed by atoms with Crippen LogP contribution in [-0.4, -0.2) is 14.8 Å². The summed E-state index contributed by atoms with van der Waals surface area (Å²) in [6.45, 7) is 2.11. The Bertz CT molecular complexity index is 802. The molecule has 0 saturated carbocycles. The second kappa shape index (κ2) is 4.77. The molecular formula is C16H14FN3S. The molecule has 0 bridgehead atoms. The van der Waals surface area contributed by atoms with Crippen molar-refractivity contribution in [2.45, 2.75) is 26.2 Å². The van der Waals surface area contributed by atoms with Gasteiger partial charge in [0, 0.05) is 16.6 Å². The van der Waals surface area contributed by atoms with E-state index in [2.05, 4.69) is 17.0 Å². The topological polar surface area (TPSA) is 30.7 Å². The first kappa shape index (κ1) is 12.7. The second-order valence-corrected chi connectivity index (χ2v) is 6.13. The van der Waals surface area contributed by atoms with Crippen molar-refractivity contribution in [2.75, 3.05) is 0 Å². The van der Waals surface area contributed by atoms with E-state index in [9.17, 15) is 4.39 Å². The van der Waals surface area contributed by atoms with E-state index in [4.69, 9.17) is 0 Å². The van der Waals surface area contributed by atoms with Crippen LogP contribution < -0.4 is 0 Å². The Morgan fingerprint density at radius 3 is 2.76 bits per heavy atom. The summed E-state index contributed by atoms with van der Waals surface area (Å²) in [5.74, 6) is -0.228. The Labute approximate surface area is 126 Å². The first-order chi connectivity index (χ1) is 10.2. The van der Waals surface area contributed by atoms with Gasteiger partial charge < -0.3 is 0 Å². The lowest BCUT2D eigenvalue weighted by Crippen LogP contribution is -2.00. The van der Waals surface area contributed by atoms with E-state index in [0.717, 1.165) is 29.2 Å². The third kappa shape index (κ3) is 2.08. The lowest BCUT2D eigenvalue weighted by Gasteiger charge is -2.01. The van der Waals surface area contributed by atoms with Gasteiger partial charge in [0.15, 0.2) is 0 Å². The van der Waals surface area contributed by atoms with Gasteiger partial charge in [0.25, 0.3) is 0 Å². The Morgan fingerprint density at radius 2 is 2.00 bits per heavy atom. The minimum atomic E-state index is -0.228. The molecule has 106 valence electrons. The van der Waals surface area contributed by atoms with Gasteiger partial charge in [0.2, 0.25) is 5.13 Å². The number of nitrogens with zero attached hydrogens (tertiary/aromatic N) is 3. The average Bonchev–Trinajstić information content (AvgIpc) is 3.17. The molecule has 3 aromatic rings. The van der Waals surface area contributed by atoms with Gasteiger partial charge in [-0.1, -0.05) is 0 Å². The number of aromatic nitrogens is 3. The second-order valence-electron chi connectivity index (χ2n) is 5.30. The largest absolute Gasteiger partial charge is 0.218 e. The van der Waals surface area contributed by atoms with Gasteiger partial charge in [0.1, 0.15) is 5.82 Å². The zero-order chi connectivity index (χ0) is 14.4. The molecule has 5 heteroatoms. The van der Waals surface area contributed by atoms with Crippen molar-refractivity contribution >= 4 is 11.3 Å². The van der Waals surface area contributed by atoms with Crippen LogP contribution in [0.3, 0.4) is 0 Å². The summed E-state index contributed by atoms with van der Waals surface area (Å²) in [5.41, 5.74) is 5.59. The molecule has 0 amide bonds. The Hall–Kier alpha value is -2.01. The standard InChI is InChI=1S/C16H14FN3S/c1-10-13-3-2-4-14(13)19-20(10)16-18-15(9-21-16)11-5-7-12(17)8-6-11/h5-9H,2-4H2,1H3. The van der Waals surface area contributed by atoms with Crippen molar-refractivity contribution in [3.63, 3.8) is 0 Å². The Morgan fingerprint density at radius 1 is 1.19 bits per heavy atom. The fraction of sp³-hybridized carbons (Fsp3) is 0.250. The molecule has 0 saturated heterocycles. The van der Waals surface area contributed by atoms with Crippen LogP contribution in [-0.2, 0) is 12.8 Å². The van der Waals surface area contributed by atoms with Crippen LogP contribution in [0.4, 0.5) is 4.39 Å². The SMILES string of the molecule is Cc1c2c(nn1-c1nc(-c3ccc(F)cc3)cs1)CCC2. The van der Waals surface area contributed by atoms with Gasteiger partial charge in [-0.3, -0.25) is 0 Å². The Kier molecular flexibility index (Phi) is 2.89. The molecule has 2 heterocycles. The summed E-state index contributed by atoms with van der Waals surface area (Å²) in [4.78, 5) is 4.65. The number of aryl methyl sites for hydroxylation is 1. The van der Waals surface area contributed by atoms with Crippen LogP contribution >= 0.6 is 11.3 Å². The van der Waals surface area contributed by atoms with Crippen LogP contribution in [0.5, 0.6) is 0 Å². The highest BCUT2D eigenvalue weighted by atomic mass is 32.1. The maximum Gasteiger partial charge on any atom is 0.211 e. The van der Waals surface area contributed by atoms with E-state index in [-0.39, 0.29) is 5.82 Å². The molecule has 0 unspecified atom stereocenters. The van der Waals surface area contributed by atoms with Crippen molar-refractivity contribution in [3.8, 4) is 16.4 Å².